The van der Waals surface area contributed by atoms with Crippen LogP contribution in [0.3, 0.4) is 0 Å². The van der Waals surface area contributed by atoms with Gasteiger partial charge in [-0.25, -0.2) is 4.39 Å². The molecule has 4 heteroatoms. The Hall–Kier alpha value is -0.640. The number of aliphatic hydroxyl groups excluding tert-OH is 1. The van der Waals surface area contributed by atoms with E-state index in [1.54, 1.807) is 6.07 Å². The monoisotopic (exact) mass is 257 g/mol. The van der Waals surface area contributed by atoms with Crippen molar-refractivity contribution in [1.82, 2.24) is 4.90 Å². The third-order valence-corrected chi connectivity index (χ3v) is 3.81. The Balaban J connectivity index is 2.08. The van der Waals surface area contributed by atoms with Gasteiger partial charge < -0.3 is 5.11 Å². The molecule has 1 aromatic carbocycles. The van der Waals surface area contributed by atoms with E-state index in [0.717, 1.165) is 18.4 Å². The molecule has 17 heavy (non-hydrogen) atoms. The summed E-state index contributed by atoms with van der Waals surface area (Å²) in [5.41, 5.74) is 0.798. The minimum Gasteiger partial charge on any atom is -0.395 e. The second-order valence-corrected chi connectivity index (χ2v) is 4.87. The van der Waals surface area contributed by atoms with E-state index >= 15 is 0 Å². The van der Waals surface area contributed by atoms with Gasteiger partial charge in [-0.15, -0.1) is 0 Å². The van der Waals surface area contributed by atoms with Gasteiger partial charge in [0.15, 0.2) is 0 Å². The average molecular weight is 258 g/mol. The van der Waals surface area contributed by atoms with Crippen LogP contribution in [0.4, 0.5) is 4.39 Å². The Morgan fingerprint density at radius 3 is 2.76 bits per heavy atom. The normalized spacial score (nSPS) is 16.2. The summed E-state index contributed by atoms with van der Waals surface area (Å²) in [6.07, 6.45) is 3.56. The van der Waals surface area contributed by atoms with Gasteiger partial charge in [0.2, 0.25) is 0 Å². The molecule has 1 aromatic rings. The van der Waals surface area contributed by atoms with E-state index in [0.29, 0.717) is 19.1 Å². The SMILES string of the molecule is OCCN(Cc1cccc(F)c1Cl)C1CCC1. The van der Waals surface area contributed by atoms with Crippen molar-refractivity contribution in [3.63, 3.8) is 0 Å². The summed E-state index contributed by atoms with van der Waals surface area (Å²) >= 11 is 5.94. The molecule has 1 saturated carbocycles. The molecule has 1 fully saturated rings. The summed E-state index contributed by atoms with van der Waals surface area (Å²) in [7, 11) is 0. The van der Waals surface area contributed by atoms with Crippen LogP contribution in [0.2, 0.25) is 5.02 Å². The standard InChI is InChI=1S/C13H17ClFNO/c14-13-10(3-1-6-12(13)15)9-16(7-8-17)11-4-2-5-11/h1,3,6,11,17H,2,4-5,7-9H2. The molecular formula is C13H17ClFNO. The Morgan fingerprint density at radius 1 is 1.41 bits per heavy atom. The van der Waals surface area contributed by atoms with Crippen molar-refractivity contribution in [2.45, 2.75) is 31.8 Å². The maximum absolute atomic E-state index is 13.3. The second-order valence-electron chi connectivity index (χ2n) is 4.49. The lowest BCUT2D eigenvalue weighted by Gasteiger charge is -2.37. The van der Waals surface area contributed by atoms with Crippen LogP contribution in [0.15, 0.2) is 18.2 Å². The number of aliphatic hydroxyl groups is 1. The summed E-state index contributed by atoms with van der Waals surface area (Å²) in [4.78, 5) is 2.18. The van der Waals surface area contributed by atoms with Gasteiger partial charge >= 0.3 is 0 Å². The fraction of sp³-hybridized carbons (Fsp3) is 0.538. The van der Waals surface area contributed by atoms with Gasteiger partial charge in [0.1, 0.15) is 5.82 Å². The van der Waals surface area contributed by atoms with Crippen LogP contribution in [0.25, 0.3) is 0 Å². The van der Waals surface area contributed by atoms with Crippen LogP contribution in [0.5, 0.6) is 0 Å². The van der Waals surface area contributed by atoms with Crippen molar-refractivity contribution >= 4 is 11.6 Å². The molecule has 1 aliphatic rings. The molecular weight excluding hydrogens is 241 g/mol. The molecule has 0 radical (unpaired) electrons. The van der Waals surface area contributed by atoms with Crippen LogP contribution >= 0.6 is 11.6 Å². The first-order valence-electron chi connectivity index (χ1n) is 6.00. The lowest BCUT2D eigenvalue weighted by atomic mass is 9.91. The molecule has 94 valence electrons. The third-order valence-electron chi connectivity index (χ3n) is 3.38. The third kappa shape index (κ3) is 2.97. The Labute approximate surface area is 106 Å². The van der Waals surface area contributed by atoms with Gasteiger partial charge in [-0.2, -0.15) is 0 Å². The fourth-order valence-electron chi connectivity index (χ4n) is 2.16. The van der Waals surface area contributed by atoms with E-state index in [-0.39, 0.29) is 17.4 Å². The first-order valence-corrected chi connectivity index (χ1v) is 6.38. The van der Waals surface area contributed by atoms with Gasteiger partial charge in [-0.3, -0.25) is 4.90 Å². The Bertz CT molecular complexity index is 382. The molecule has 2 nitrogen and oxygen atoms in total. The molecule has 0 aromatic heterocycles. The number of benzene rings is 1. The highest BCUT2D eigenvalue weighted by Gasteiger charge is 2.25. The quantitative estimate of drug-likeness (QED) is 0.877. The van der Waals surface area contributed by atoms with Crippen LogP contribution in [0.1, 0.15) is 24.8 Å². The zero-order chi connectivity index (χ0) is 12.3. The molecule has 0 aliphatic heterocycles. The fourth-order valence-corrected chi connectivity index (χ4v) is 2.35. The minimum absolute atomic E-state index is 0.128. The predicted octanol–water partition coefficient (Wildman–Crippen LogP) is 2.83. The lowest BCUT2D eigenvalue weighted by molar-refractivity contribution is 0.0945. The van der Waals surface area contributed by atoms with Gasteiger partial charge in [0.05, 0.1) is 11.6 Å². The van der Waals surface area contributed by atoms with E-state index in [1.807, 2.05) is 6.07 Å². The summed E-state index contributed by atoms with van der Waals surface area (Å²) in [6.45, 7) is 1.36. The van der Waals surface area contributed by atoms with Crippen LogP contribution in [-0.4, -0.2) is 29.2 Å². The van der Waals surface area contributed by atoms with Crippen molar-refractivity contribution in [1.29, 1.82) is 0 Å². The summed E-state index contributed by atoms with van der Waals surface area (Å²) < 4.78 is 13.3. The Morgan fingerprint density at radius 2 is 2.18 bits per heavy atom. The number of halogens is 2. The molecule has 1 N–H and O–H groups in total. The van der Waals surface area contributed by atoms with E-state index in [9.17, 15) is 4.39 Å². The molecule has 0 atom stereocenters. The van der Waals surface area contributed by atoms with E-state index in [2.05, 4.69) is 4.90 Å². The van der Waals surface area contributed by atoms with Crippen LogP contribution in [0, 0.1) is 5.82 Å². The number of nitrogens with zero attached hydrogens (tertiary/aromatic N) is 1. The molecule has 1 aliphatic carbocycles. The molecule has 0 heterocycles. The van der Waals surface area contributed by atoms with Gasteiger partial charge in [0, 0.05) is 19.1 Å². The van der Waals surface area contributed by atoms with Crippen LogP contribution in [-0.2, 0) is 6.54 Å². The summed E-state index contributed by atoms with van der Waals surface area (Å²) in [5.74, 6) is -0.373. The smallest absolute Gasteiger partial charge is 0.142 e. The van der Waals surface area contributed by atoms with Crippen molar-refractivity contribution < 1.29 is 9.50 Å². The van der Waals surface area contributed by atoms with Crippen molar-refractivity contribution in [3.8, 4) is 0 Å². The van der Waals surface area contributed by atoms with E-state index in [1.165, 1.54) is 12.5 Å². The number of rotatable bonds is 5. The highest BCUT2D eigenvalue weighted by Crippen LogP contribution is 2.28. The topological polar surface area (TPSA) is 23.5 Å². The zero-order valence-corrected chi connectivity index (χ0v) is 10.5. The van der Waals surface area contributed by atoms with Crippen molar-refractivity contribution in [3.05, 3.63) is 34.6 Å². The van der Waals surface area contributed by atoms with Gasteiger partial charge in [-0.1, -0.05) is 30.2 Å². The molecule has 0 spiro atoms. The zero-order valence-electron chi connectivity index (χ0n) is 9.70. The summed E-state index contributed by atoms with van der Waals surface area (Å²) in [6, 6.07) is 5.40. The van der Waals surface area contributed by atoms with Crippen molar-refractivity contribution in [2.75, 3.05) is 13.2 Å². The number of hydrogen-bond acceptors (Lipinski definition) is 2. The second kappa shape index (κ2) is 5.80. The highest BCUT2D eigenvalue weighted by molar-refractivity contribution is 6.31. The van der Waals surface area contributed by atoms with E-state index < -0.39 is 0 Å². The minimum atomic E-state index is -0.373. The van der Waals surface area contributed by atoms with Crippen LogP contribution < -0.4 is 0 Å². The largest absolute Gasteiger partial charge is 0.395 e. The van der Waals surface area contributed by atoms with Gasteiger partial charge in [-0.05, 0) is 24.5 Å². The first-order chi connectivity index (χ1) is 8.22. The lowest BCUT2D eigenvalue weighted by Crippen LogP contribution is -2.41. The molecule has 2 rings (SSSR count). The Kier molecular flexibility index (Phi) is 4.37. The van der Waals surface area contributed by atoms with Crippen molar-refractivity contribution in [2.24, 2.45) is 0 Å². The van der Waals surface area contributed by atoms with E-state index in [4.69, 9.17) is 16.7 Å². The number of hydrogen-bond donors (Lipinski definition) is 1. The molecule has 0 unspecified atom stereocenters. The maximum Gasteiger partial charge on any atom is 0.142 e. The molecule has 0 bridgehead atoms. The predicted molar refractivity (Wildman–Crippen MR) is 66.5 cm³/mol. The first kappa shape index (κ1) is 12.8. The highest BCUT2D eigenvalue weighted by atomic mass is 35.5. The van der Waals surface area contributed by atoms with Gasteiger partial charge in [0.25, 0.3) is 0 Å². The average Bonchev–Trinajstić information content (AvgIpc) is 2.22. The summed E-state index contributed by atoms with van der Waals surface area (Å²) in [5, 5.41) is 9.26. The molecule has 0 saturated heterocycles. The maximum atomic E-state index is 13.3. The molecule has 0 amide bonds.